The number of aliphatic hydroxyl groups excluding tert-OH is 1. The first-order valence-electron chi connectivity index (χ1n) is 11.6. The fraction of sp³-hybridized carbons (Fsp3) is 0.769. The third-order valence-corrected chi connectivity index (χ3v) is 8.12. The summed E-state index contributed by atoms with van der Waals surface area (Å²) in [6.07, 6.45) is 15.5. The van der Waals surface area contributed by atoms with Gasteiger partial charge < -0.3 is 10.2 Å². The normalized spacial score (nSPS) is 38.1. The molecule has 0 radical (unpaired) electrons. The van der Waals surface area contributed by atoms with Gasteiger partial charge in [0.25, 0.3) is 0 Å². The number of fused-ring (bicyclic) bond motifs is 1. The summed E-state index contributed by atoms with van der Waals surface area (Å²) < 4.78 is 0. The van der Waals surface area contributed by atoms with E-state index in [1.807, 2.05) is 13.8 Å². The van der Waals surface area contributed by atoms with Gasteiger partial charge in [-0.25, -0.2) is 0 Å². The first-order valence-corrected chi connectivity index (χ1v) is 11.6. The van der Waals surface area contributed by atoms with Crippen LogP contribution < -0.4 is 0 Å². The zero-order chi connectivity index (χ0) is 20.5. The highest BCUT2D eigenvalue weighted by atomic mass is 16.3. The van der Waals surface area contributed by atoms with Crippen LogP contribution >= 0.6 is 0 Å². The number of hydrogen-bond acceptors (Lipinski definition) is 2. The summed E-state index contributed by atoms with van der Waals surface area (Å²) in [6.45, 7) is 13.0. The van der Waals surface area contributed by atoms with Gasteiger partial charge in [0.2, 0.25) is 0 Å². The average molecular weight is 387 g/mol. The quantitative estimate of drug-likeness (QED) is 0.578. The fourth-order valence-electron chi connectivity index (χ4n) is 6.39. The molecule has 0 bridgehead atoms. The van der Waals surface area contributed by atoms with Gasteiger partial charge in [0.1, 0.15) is 0 Å². The minimum atomic E-state index is -0.552. The zero-order valence-electron chi connectivity index (χ0n) is 18.6. The SMILES string of the molecule is C=C1CC[C@H](O)C/C1=C/C=C1\CCC[C@]2(C)[C@@H]([C@H](C)CCC(C)(C)O)CC[C@@H]12. The molecule has 0 spiro atoms. The van der Waals surface area contributed by atoms with Crippen molar-refractivity contribution in [2.24, 2.45) is 23.2 Å². The molecule has 3 saturated carbocycles. The molecule has 2 nitrogen and oxygen atoms in total. The molecule has 0 heterocycles. The number of hydrogen-bond donors (Lipinski definition) is 2. The molecule has 0 saturated heterocycles. The van der Waals surface area contributed by atoms with Crippen molar-refractivity contribution in [3.63, 3.8) is 0 Å². The molecular weight excluding hydrogens is 344 g/mol. The topological polar surface area (TPSA) is 40.5 Å². The molecular formula is C26H42O2. The van der Waals surface area contributed by atoms with Crippen LogP contribution in [0.3, 0.4) is 0 Å². The predicted octanol–water partition coefficient (Wildman–Crippen LogP) is 6.34. The smallest absolute Gasteiger partial charge is 0.0591 e. The summed E-state index contributed by atoms with van der Waals surface area (Å²) >= 11 is 0. The molecule has 3 aliphatic carbocycles. The van der Waals surface area contributed by atoms with Crippen molar-refractivity contribution in [1.29, 1.82) is 0 Å². The molecule has 0 aromatic carbocycles. The van der Waals surface area contributed by atoms with Crippen LogP contribution in [0.4, 0.5) is 0 Å². The van der Waals surface area contributed by atoms with Crippen molar-refractivity contribution in [2.45, 2.75) is 104 Å². The second-order valence-corrected chi connectivity index (χ2v) is 10.9. The first kappa shape index (κ1) is 21.8. The Bertz CT molecular complexity index is 635. The van der Waals surface area contributed by atoms with Gasteiger partial charge in [-0.2, -0.15) is 0 Å². The van der Waals surface area contributed by atoms with E-state index in [1.54, 1.807) is 5.57 Å². The largest absolute Gasteiger partial charge is 0.393 e. The fourth-order valence-corrected chi connectivity index (χ4v) is 6.39. The Morgan fingerprint density at radius 3 is 2.68 bits per heavy atom. The van der Waals surface area contributed by atoms with Gasteiger partial charge in [-0.3, -0.25) is 0 Å². The number of rotatable bonds is 5. The Morgan fingerprint density at radius 2 is 1.96 bits per heavy atom. The molecule has 28 heavy (non-hydrogen) atoms. The van der Waals surface area contributed by atoms with Crippen molar-refractivity contribution in [3.8, 4) is 0 Å². The van der Waals surface area contributed by atoms with Gasteiger partial charge in [0, 0.05) is 0 Å². The van der Waals surface area contributed by atoms with E-state index in [1.165, 1.54) is 43.3 Å². The lowest BCUT2D eigenvalue weighted by molar-refractivity contribution is 0.0461. The molecule has 3 fully saturated rings. The second kappa shape index (κ2) is 8.48. The van der Waals surface area contributed by atoms with E-state index in [0.29, 0.717) is 17.3 Å². The van der Waals surface area contributed by atoms with Crippen LogP contribution in [0, 0.1) is 23.2 Å². The Morgan fingerprint density at radius 1 is 1.21 bits per heavy atom. The van der Waals surface area contributed by atoms with E-state index in [-0.39, 0.29) is 6.10 Å². The van der Waals surface area contributed by atoms with Crippen LogP contribution in [0.2, 0.25) is 0 Å². The maximum atomic E-state index is 10.1. The third-order valence-electron chi connectivity index (χ3n) is 8.12. The molecule has 0 aromatic heterocycles. The van der Waals surface area contributed by atoms with Crippen molar-refractivity contribution >= 4 is 0 Å². The van der Waals surface area contributed by atoms with Crippen LogP contribution in [0.15, 0.2) is 35.5 Å². The van der Waals surface area contributed by atoms with E-state index >= 15 is 0 Å². The predicted molar refractivity (Wildman–Crippen MR) is 118 cm³/mol. The summed E-state index contributed by atoms with van der Waals surface area (Å²) in [5.41, 5.74) is 3.96. The zero-order valence-corrected chi connectivity index (χ0v) is 18.6. The van der Waals surface area contributed by atoms with Crippen LogP contribution in [-0.4, -0.2) is 21.9 Å². The molecule has 0 unspecified atom stereocenters. The monoisotopic (exact) mass is 386 g/mol. The molecule has 2 N–H and O–H groups in total. The van der Waals surface area contributed by atoms with Crippen LogP contribution in [0.1, 0.15) is 91.9 Å². The molecule has 0 amide bonds. The van der Waals surface area contributed by atoms with Crippen LogP contribution in [0.25, 0.3) is 0 Å². The lowest BCUT2D eigenvalue weighted by Gasteiger charge is -2.44. The van der Waals surface area contributed by atoms with Crippen molar-refractivity contribution in [3.05, 3.63) is 35.5 Å². The minimum Gasteiger partial charge on any atom is -0.393 e. The number of allylic oxidation sites excluding steroid dienone is 4. The highest BCUT2D eigenvalue weighted by molar-refractivity contribution is 5.36. The second-order valence-electron chi connectivity index (χ2n) is 10.9. The van der Waals surface area contributed by atoms with Crippen LogP contribution in [-0.2, 0) is 0 Å². The maximum absolute atomic E-state index is 10.1. The molecule has 5 atom stereocenters. The standard InChI is InChI=1S/C26H42O2/c1-18-8-11-22(27)17-21(18)10-9-20-7-6-15-26(5)23(12-13-24(20)26)19(2)14-16-25(3,4)28/h9-10,19,22-24,27-28H,1,6-8,11-17H2,2-5H3/b20-9+,21-10-/t19-,22+,23-,24+,26-/m1/s1. The average Bonchev–Trinajstić information content (AvgIpc) is 2.97. The lowest BCUT2D eigenvalue weighted by atomic mass is 9.60. The first-order chi connectivity index (χ1) is 13.1. The van der Waals surface area contributed by atoms with E-state index in [4.69, 9.17) is 0 Å². The van der Waals surface area contributed by atoms with Crippen molar-refractivity contribution < 1.29 is 10.2 Å². The van der Waals surface area contributed by atoms with Gasteiger partial charge in [-0.05, 0) is 107 Å². The van der Waals surface area contributed by atoms with Gasteiger partial charge in [-0.15, -0.1) is 0 Å². The summed E-state index contributed by atoms with van der Waals surface area (Å²) in [7, 11) is 0. The van der Waals surface area contributed by atoms with E-state index in [9.17, 15) is 10.2 Å². The van der Waals surface area contributed by atoms with Gasteiger partial charge >= 0.3 is 0 Å². The van der Waals surface area contributed by atoms with Gasteiger partial charge in [0.05, 0.1) is 11.7 Å². The molecule has 158 valence electrons. The lowest BCUT2D eigenvalue weighted by Crippen LogP contribution is -2.36. The number of aliphatic hydroxyl groups is 2. The van der Waals surface area contributed by atoms with Gasteiger partial charge in [0.15, 0.2) is 0 Å². The summed E-state index contributed by atoms with van der Waals surface area (Å²) in [5, 5.41) is 20.2. The summed E-state index contributed by atoms with van der Waals surface area (Å²) in [5.74, 6) is 2.14. The molecule has 2 heteroatoms. The Kier molecular flexibility index (Phi) is 6.61. The molecule has 0 aromatic rings. The van der Waals surface area contributed by atoms with Crippen LogP contribution in [0.5, 0.6) is 0 Å². The molecule has 0 aliphatic heterocycles. The van der Waals surface area contributed by atoms with Crippen molar-refractivity contribution in [2.75, 3.05) is 0 Å². The summed E-state index contributed by atoms with van der Waals surface area (Å²) in [6, 6.07) is 0. The molecule has 3 aliphatic rings. The molecule has 3 rings (SSSR count). The van der Waals surface area contributed by atoms with Gasteiger partial charge in [-0.1, -0.05) is 43.7 Å². The highest BCUT2D eigenvalue weighted by Gasteiger charge is 2.50. The Labute approximate surface area is 172 Å². The van der Waals surface area contributed by atoms with Crippen molar-refractivity contribution in [1.82, 2.24) is 0 Å². The van der Waals surface area contributed by atoms with E-state index in [2.05, 4.69) is 32.6 Å². The third kappa shape index (κ3) is 4.82. The minimum absolute atomic E-state index is 0.195. The summed E-state index contributed by atoms with van der Waals surface area (Å²) in [4.78, 5) is 0. The van der Waals surface area contributed by atoms with E-state index < -0.39 is 5.60 Å². The maximum Gasteiger partial charge on any atom is 0.0591 e. The van der Waals surface area contributed by atoms with E-state index in [0.717, 1.165) is 38.0 Å². The Hall–Kier alpha value is -0.860. The Balaban J connectivity index is 1.73. The highest BCUT2D eigenvalue weighted by Crippen LogP contribution is 2.60.